The second-order valence-corrected chi connectivity index (χ2v) is 14.0. The number of allylic oxidation sites excluding steroid dienone is 4. The van der Waals surface area contributed by atoms with Crippen molar-refractivity contribution in [1.29, 1.82) is 0 Å². The average Bonchev–Trinajstić information content (AvgIpc) is 2.99. The van der Waals surface area contributed by atoms with E-state index in [0.29, 0.717) is 11.2 Å². The summed E-state index contributed by atoms with van der Waals surface area (Å²) >= 11 is 2.08. The van der Waals surface area contributed by atoms with Gasteiger partial charge in [-0.1, -0.05) is 60.7 Å². The van der Waals surface area contributed by atoms with Crippen molar-refractivity contribution in [2.45, 2.75) is 87.2 Å². The molecule has 0 saturated carbocycles. The van der Waals surface area contributed by atoms with E-state index in [-0.39, 0.29) is 30.2 Å². The summed E-state index contributed by atoms with van der Waals surface area (Å²) in [6.45, 7) is 23.9. The number of halogens is 2. The third-order valence-electron chi connectivity index (χ3n) is 4.07. The smallest absolute Gasteiger partial charge is 0.115 e. The largest absolute Gasteiger partial charge is 0.508 e. The molecule has 0 spiro atoms. The Balaban J connectivity index is -0.000000417. The quantitative estimate of drug-likeness (QED) is 0.314. The standard InChI is InChI=1S/C13H21OSi.C9H13.C3H6.2ClH.Ti/c1-9-7-10(13(2,3)4)12(15(5)6)11(14)8-9;1-9(2,3)8-6-4-5-7-8;1-3-2;;;/h7-8,14H,1-6H3;4,6H,5H2,1-3H3;1-2H3;2*1H;/q;-1;;;;+1. The molecule has 0 fully saturated rings. The van der Waals surface area contributed by atoms with Gasteiger partial charge in [-0.05, 0) is 40.1 Å². The van der Waals surface area contributed by atoms with E-state index in [1.807, 2.05) is 13.0 Å². The van der Waals surface area contributed by atoms with Crippen molar-refractivity contribution >= 4 is 42.6 Å². The molecular weight excluding hydrogens is 463 g/mol. The first-order chi connectivity index (χ1) is 12.6. The van der Waals surface area contributed by atoms with Gasteiger partial charge in [0.25, 0.3) is 0 Å². The number of rotatable bonds is 1. The van der Waals surface area contributed by atoms with Gasteiger partial charge >= 0.3 is 37.6 Å². The van der Waals surface area contributed by atoms with Crippen molar-refractivity contribution in [3.05, 3.63) is 47.1 Å². The van der Waals surface area contributed by atoms with Crippen molar-refractivity contribution in [1.82, 2.24) is 0 Å². The molecule has 170 valence electrons. The summed E-state index contributed by atoms with van der Waals surface area (Å²) in [6.07, 6.45) is 8.63. The van der Waals surface area contributed by atoms with Crippen LogP contribution in [0.4, 0.5) is 0 Å². The molecule has 1 aromatic rings. The van der Waals surface area contributed by atoms with Crippen molar-refractivity contribution in [3.63, 3.8) is 0 Å². The first kappa shape index (κ1) is 34.5. The number of phenols is 1. The predicted molar refractivity (Wildman–Crippen MR) is 139 cm³/mol. The Labute approximate surface area is 212 Å². The molecule has 1 nitrogen and oxygen atoms in total. The van der Waals surface area contributed by atoms with Gasteiger partial charge in [-0.15, -0.1) is 31.2 Å². The summed E-state index contributed by atoms with van der Waals surface area (Å²) in [7, 11) is -0.621. The SMILES string of the molecule is CC(C)(C)C1=[C-]CC=C1.C[C](C)=[Ti+].Cc1cc(O)c([Si](C)C)c(C(C)(C)C)c1.Cl.Cl. The van der Waals surface area contributed by atoms with Crippen LogP contribution < -0.4 is 5.19 Å². The maximum atomic E-state index is 10.0. The Morgan fingerprint density at radius 3 is 1.73 bits per heavy atom. The molecule has 0 bridgehead atoms. The first-order valence-corrected chi connectivity index (χ1v) is 13.3. The number of aryl methyl sites for hydroxylation is 1. The van der Waals surface area contributed by atoms with Crippen LogP contribution in [0.5, 0.6) is 5.75 Å². The van der Waals surface area contributed by atoms with Crippen molar-refractivity contribution in [3.8, 4) is 5.75 Å². The fourth-order valence-electron chi connectivity index (χ4n) is 2.80. The van der Waals surface area contributed by atoms with Crippen molar-refractivity contribution in [2.75, 3.05) is 0 Å². The average molecular weight is 505 g/mol. The Hall–Kier alpha value is -0.119. The van der Waals surface area contributed by atoms with E-state index in [0.717, 1.165) is 12.0 Å². The zero-order valence-electron chi connectivity index (χ0n) is 20.8. The minimum absolute atomic E-state index is 0. The minimum atomic E-state index is -0.621. The molecule has 1 aliphatic rings. The summed E-state index contributed by atoms with van der Waals surface area (Å²) in [5.41, 5.74) is 4.21. The summed E-state index contributed by atoms with van der Waals surface area (Å²) in [4.78, 5) is 0. The van der Waals surface area contributed by atoms with Crippen LogP contribution in [0.2, 0.25) is 13.1 Å². The number of hydrogen-bond acceptors (Lipinski definition) is 1. The zero-order chi connectivity index (χ0) is 22.3. The molecule has 0 saturated heterocycles. The van der Waals surface area contributed by atoms with Crippen molar-refractivity contribution < 1.29 is 25.1 Å². The van der Waals surface area contributed by atoms with Gasteiger partial charge in [-0.3, -0.25) is 6.08 Å². The number of hydrogen-bond donors (Lipinski definition) is 1. The van der Waals surface area contributed by atoms with Crippen LogP contribution in [0.1, 0.15) is 72.9 Å². The molecular formula is C25H42Cl2OSiTi. The van der Waals surface area contributed by atoms with Gasteiger partial charge in [0.15, 0.2) is 0 Å². The van der Waals surface area contributed by atoms with Gasteiger partial charge in [0.2, 0.25) is 0 Å². The molecule has 0 atom stereocenters. The van der Waals surface area contributed by atoms with E-state index < -0.39 is 8.80 Å². The van der Waals surface area contributed by atoms with Crippen LogP contribution in [-0.4, -0.2) is 17.7 Å². The van der Waals surface area contributed by atoms with Crippen LogP contribution in [0.3, 0.4) is 0 Å². The van der Waals surface area contributed by atoms with E-state index in [2.05, 4.69) is 113 Å². The second kappa shape index (κ2) is 14.9. The molecule has 1 aromatic carbocycles. The van der Waals surface area contributed by atoms with E-state index in [9.17, 15) is 5.11 Å². The fraction of sp³-hybridized carbons (Fsp3) is 0.560. The molecule has 0 unspecified atom stereocenters. The van der Waals surface area contributed by atoms with Crippen LogP contribution in [-0.2, 0) is 25.4 Å². The number of aromatic hydroxyl groups is 1. The molecule has 0 aromatic heterocycles. The Kier molecular flexibility index (Phi) is 17.1. The maximum absolute atomic E-state index is 10.0. The molecule has 0 aliphatic heterocycles. The monoisotopic (exact) mass is 504 g/mol. The van der Waals surface area contributed by atoms with Crippen LogP contribution in [0.25, 0.3) is 0 Å². The minimum Gasteiger partial charge on any atom is -0.508 e. The fourth-order valence-corrected chi connectivity index (χ4v) is 4.37. The van der Waals surface area contributed by atoms with Gasteiger partial charge in [0.1, 0.15) is 5.75 Å². The summed E-state index contributed by atoms with van der Waals surface area (Å²) in [5.74, 6) is 0.485. The molecule has 1 radical (unpaired) electrons. The Morgan fingerprint density at radius 1 is 1.00 bits per heavy atom. The Bertz CT molecular complexity index is 720. The molecule has 0 heterocycles. The molecule has 2 rings (SSSR count). The summed E-state index contributed by atoms with van der Waals surface area (Å²) < 4.78 is 1.42. The molecule has 5 heteroatoms. The number of phenolic OH excluding ortho intramolecular Hbond substituents is 1. The van der Waals surface area contributed by atoms with Crippen molar-refractivity contribution in [2.24, 2.45) is 5.41 Å². The molecule has 1 N–H and O–H groups in total. The second-order valence-electron chi connectivity index (χ2n) is 9.90. The molecule has 30 heavy (non-hydrogen) atoms. The zero-order valence-corrected chi connectivity index (χ0v) is 25.0. The molecule has 1 aliphatic carbocycles. The van der Waals surface area contributed by atoms with Gasteiger partial charge in [-0.25, -0.2) is 11.6 Å². The van der Waals surface area contributed by atoms with Gasteiger partial charge < -0.3 is 5.11 Å². The summed E-state index contributed by atoms with van der Waals surface area (Å²) in [6, 6.07) is 4.09. The topological polar surface area (TPSA) is 20.2 Å². The maximum Gasteiger partial charge on any atom is 0.115 e. The van der Waals surface area contributed by atoms with Crippen LogP contribution >= 0.6 is 24.8 Å². The predicted octanol–water partition coefficient (Wildman–Crippen LogP) is 7.27. The summed E-state index contributed by atoms with van der Waals surface area (Å²) in [5, 5.41) is 11.2. The van der Waals surface area contributed by atoms with E-state index in [1.54, 1.807) is 0 Å². The van der Waals surface area contributed by atoms with Gasteiger partial charge in [-0.2, -0.15) is 6.08 Å². The van der Waals surface area contributed by atoms with E-state index in [1.165, 1.54) is 20.1 Å². The van der Waals surface area contributed by atoms with E-state index in [4.69, 9.17) is 0 Å². The Morgan fingerprint density at radius 2 is 1.47 bits per heavy atom. The van der Waals surface area contributed by atoms with E-state index >= 15 is 0 Å². The van der Waals surface area contributed by atoms with Crippen LogP contribution in [0, 0.1) is 18.4 Å². The molecule has 0 amide bonds. The first-order valence-electron chi connectivity index (χ1n) is 10.0. The third kappa shape index (κ3) is 13.3. The number of benzene rings is 1. The van der Waals surface area contributed by atoms with Crippen LogP contribution in [0.15, 0.2) is 29.9 Å². The third-order valence-corrected chi connectivity index (χ3v) is 5.60. The normalized spacial score (nSPS) is 12.5. The van der Waals surface area contributed by atoms with Gasteiger partial charge in [0, 0.05) is 0 Å². The van der Waals surface area contributed by atoms with Gasteiger partial charge in [0.05, 0.1) is 8.80 Å².